The lowest BCUT2D eigenvalue weighted by Gasteiger charge is -2.53. The monoisotopic (exact) mass is 595 g/mol. The first kappa shape index (κ1) is 29.6. The van der Waals surface area contributed by atoms with Gasteiger partial charge in [-0.2, -0.15) is 0 Å². The fraction of sp³-hybridized carbons (Fsp3) is 0.310. The van der Waals surface area contributed by atoms with Crippen LogP contribution in [0, 0.1) is 6.92 Å². The van der Waals surface area contributed by atoms with Crippen LogP contribution in [0.15, 0.2) is 23.9 Å². The second kappa shape index (κ2) is 9.83. The Bertz CT molecular complexity index is 1740. The number of methoxy groups -OCH3 is 3. The third kappa shape index (κ3) is 3.63. The summed E-state index contributed by atoms with van der Waals surface area (Å²) < 4.78 is 20.6. The topological polar surface area (TPSA) is 226 Å². The minimum atomic E-state index is -3.19. The van der Waals surface area contributed by atoms with Gasteiger partial charge in [-0.25, -0.2) is 9.59 Å². The fourth-order valence-electron chi connectivity index (χ4n) is 6.18. The molecule has 0 radical (unpaired) electrons. The Morgan fingerprint density at radius 1 is 1.02 bits per heavy atom. The van der Waals surface area contributed by atoms with Gasteiger partial charge in [-0.15, -0.1) is 0 Å². The van der Waals surface area contributed by atoms with Gasteiger partial charge >= 0.3 is 11.9 Å². The number of aliphatic hydroxyl groups is 2. The Kier molecular flexibility index (Phi) is 6.76. The van der Waals surface area contributed by atoms with Gasteiger partial charge in [0.05, 0.1) is 37.1 Å². The summed E-state index contributed by atoms with van der Waals surface area (Å²) in [7, 11) is 3.05. The van der Waals surface area contributed by atoms with Gasteiger partial charge in [0.1, 0.15) is 17.1 Å². The average molecular weight is 596 g/mol. The van der Waals surface area contributed by atoms with Crippen molar-refractivity contribution in [3.63, 3.8) is 0 Å². The quantitative estimate of drug-likeness (QED) is 0.329. The van der Waals surface area contributed by atoms with Crippen LogP contribution in [0.3, 0.4) is 0 Å². The first-order chi connectivity index (χ1) is 20.2. The normalized spacial score (nSPS) is 23.9. The second-order valence-corrected chi connectivity index (χ2v) is 10.2. The summed E-state index contributed by atoms with van der Waals surface area (Å²) in [4.78, 5) is 79.3. The third-order valence-electron chi connectivity index (χ3n) is 8.09. The number of ether oxygens (including phenoxy) is 4. The van der Waals surface area contributed by atoms with Crippen molar-refractivity contribution >= 4 is 35.1 Å². The molecule has 0 saturated heterocycles. The van der Waals surface area contributed by atoms with E-state index in [9.17, 15) is 44.1 Å². The largest absolute Gasteiger partial charge is 0.506 e. The number of hydrogen-bond donors (Lipinski definition) is 4. The summed E-state index contributed by atoms with van der Waals surface area (Å²) >= 11 is 0. The number of aromatic hydroxyl groups is 1. The molecule has 1 unspecified atom stereocenters. The molecule has 0 bridgehead atoms. The highest BCUT2D eigenvalue weighted by molar-refractivity contribution is 6.30. The van der Waals surface area contributed by atoms with E-state index in [1.807, 2.05) is 0 Å². The van der Waals surface area contributed by atoms with Crippen LogP contribution in [0.25, 0.3) is 0 Å². The number of esters is 2. The highest BCUT2D eigenvalue weighted by atomic mass is 16.6. The number of nitrogens with two attached hydrogens (primary N) is 1. The molecule has 43 heavy (non-hydrogen) atoms. The number of benzene rings is 2. The highest BCUT2D eigenvalue weighted by Crippen LogP contribution is 2.56. The molecule has 5 rings (SSSR count). The standard InChI is InChI=1S/C29H25NO13/c1-10-5-11-6-16(32)29(42-4)26(37)20-13(7-12-19(23(20)35)15(31)8-14(30)22(12)34)25(36)28(29,39)21(11)24(18(10)27(38)41-3)43-9-17(33)40-2/h5,7-8,16,32,35,39H,6,9,30H2,1-4H3/t16?,28-,29+/m0/s1. The molecule has 0 fully saturated rings. The fourth-order valence-corrected chi connectivity index (χ4v) is 6.18. The van der Waals surface area contributed by atoms with Gasteiger partial charge in [-0.05, 0) is 24.1 Å². The third-order valence-corrected chi connectivity index (χ3v) is 8.09. The Hall–Kier alpha value is -4.92. The lowest BCUT2D eigenvalue weighted by Crippen LogP contribution is -2.73. The zero-order valence-electron chi connectivity index (χ0n) is 23.2. The molecule has 0 spiro atoms. The number of aryl methyl sites for hydroxylation is 1. The molecule has 2 aromatic rings. The van der Waals surface area contributed by atoms with Crippen LogP contribution in [0.4, 0.5) is 0 Å². The smallest absolute Gasteiger partial charge is 0.343 e. The van der Waals surface area contributed by atoms with Gasteiger partial charge in [0.25, 0.3) is 0 Å². The van der Waals surface area contributed by atoms with E-state index in [4.69, 9.17) is 19.9 Å². The number of hydrogen-bond acceptors (Lipinski definition) is 14. The average Bonchev–Trinajstić information content (AvgIpc) is 2.96. The van der Waals surface area contributed by atoms with E-state index < -0.39 is 110 Å². The van der Waals surface area contributed by atoms with Gasteiger partial charge < -0.3 is 40.0 Å². The van der Waals surface area contributed by atoms with Crippen molar-refractivity contribution in [3.05, 3.63) is 68.4 Å². The molecule has 0 heterocycles. The van der Waals surface area contributed by atoms with Crippen LogP contribution in [0.2, 0.25) is 0 Å². The molecular formula is C29H25NO13. The lowest BCUT2D eigenvalue weighted by molar-refractivity contribution is -0.181. The molecule has 3 atom stereocenters. The van der Waals surface area contributed by atoms with Gasteiger partial charge in [-0.1, -0.05) is 6.07 Å². The minimum Gasteiger partial charge on any atom is -0.506 e. The van der Waals surface area contributed by atoms with Crippen LogP contribution in [0.5, 0.6) is 11.5 Å². The molecule has 2 aromatic carbocycles. The number of carbonyl (C=O) groups excluding carboxylic acids is 6. The molecule has 14 nitrogen and oxygen atoms in total. The number of fused-ring (bicyclic) bond motifs is 5. The van der Waals surface area contributed by atoms with Crippen LogP contribution < -0.4 is 10.5 Å². The van der Waals surface area contributed by atoms with Gasteiger partial charge in [-0.3, -0.25) is 19.2 Å². The molecule has 0 aromatic heterocycles. The predicted molar refractivity (Wildman–Crippen MR) is 141 cm³/mol. The lowest BCUT2D eigenvalue weighted by atomic mass is 9.56. The predicted octanol–water partition coefficient (Wildman–Crippen LogP) is -0.170. The Morgan fingerprint density at radius 2 is 1.70 bits per heavy atom. The summed E-state index contributed by atoms with van der Waals surface area (Å²) in [5.41, 5.74) is -4.09. The number of phenolic OH excluding ortho intramolecular Hbond substituents is 1. The Labute approximate surface area is 242 Å². The van der Waals surface area contributed by atoms with Gasteiger partial charge in [0.15, 0.2) is 23.6 Å². The van der Waals surface area contributed by atoms with Crippen LogP contribution in [0.1, 0.15) is 68.5 Å². The van der Waals surface area contributed by atoms with Crippen LogP contribution in [-0.4, -0.2) is 90.0 Å². The number of Topliss-reactive ketones (excluding diaryl/α,β-unsaturated/α-hetero) is 3. The maximum Gasteiger partial charge on any atom is 0.343 e. The summed E-state index contributed by atoms with van der Waals surface area (Å²) in [6.07, 6.45) is -1.64. The van der Waals surface area contributed by atoms with E-state index in [-0.39, 0.29) is 16.7 Å². The van der Waals surface area contributed by atoms with Crippen molar-refractivity contribution in [2.24, 2.45) is 5.73 Å². The van der Waals surface area contributed by atoms with E-state index in [1.165, 1.54) is 13.0 Å². The summed E-state index contributed by atoms with van der Waals surface area (Å²) in [6.45, 7) is 0.657. The van der Waals surface area contributed by atoms with Crippen LogP contribution in [-0.2, 0) is 31.0 Å². The van der Waals surface area contributed by atoms with Crippen molar-refractivity contribution < 1.29 is 63.0 Å². The van der Waals surface area contributed by atoms with E-state index in [1.54, 1.807) is 0 Å². The molecule has 224 valence electrons. The molecule has 3 aliphatic rings. The van der Waals surface area contributed by atoms with E-state index in [2.05, 4.69) is 4.74 Å². The molecule has 5 N–H and O–H groups in total. The molecule has 0 aliphatic heterocycles. The van der Waals surface area contributed by atoms with Crippen LogP contribution >= 0.6 is 0 Å². The Morgan fingerprint density at radius 3 is 2.30 bits per heavy atom. The molecule has 14 heteroatoms. The Balaban J connectivity index is 1.91. The highest BCUT2D eigenvalue weighted by Gasteiger charge is 2.72. The number of carbonyl (C=O) groups is 6. The number of ketones is 4. The van der Waals surface area contributed by atoms with E-state index in [0.29, 0.717) is 0 Å². The second-order valence-electron chi connectivity index (χ2n) is 10.2. The van der Waals surface area contributed by atoms with Gasteiger partial charge in [0, 0.05) is 36.3 Å². The number of phenols is 1. The van der Waals surface area contributed by atoms with Crippen molar-refractivity contribution in [2.75, 3.05) is 27.9 Å². The van der Waals surface area contributed by atoms with Gasteiger partial charge in [0.2, 0.25) is 17.3 Å². The maximum atomic E-state index is 14.5. The van der Waals surface area contributed by atoms with E-state index in [0.717, 1.165) is 33.5 Å². The molecular weight excluding hydrogens is 570 g/mol. The maximum absolute atomic E-state index is 14.5. The minimum absolute atomic E-state index is 0.0397. The number of aliphatic hydroxyl groups excluding tert-OH is 1. The summed E-state index contributed by atoms with van der Waals surface area (Å²) in [6, 6.07) is 2.20. The van der Waals surface area contributed by atoms with Crippen molar-refractivity contribution in [1.29, 1.82) is 0 Å². The molecule has 0 amide bonds. The first-order valence-electron chi connectivity index (χ1n) is 12.7. The zero-order chi connectivity index (χ0) is 31.8. The first-order valence-corrected chi connectivity index (χ1v) is 12.7. The summed E-state index contributed by atoms with van der Waals surface area (Å²) in [5.74, 6) is -8.02. The van der Waals surface area contributed by atoms with Crippen molar-refractivity contribution in [1.82, 2.24) is 0 Å². The molecule has 3 aliphatic carbocycles. The molecule has 0 saturated carbocycles. The van der Waals surface area contributed by atoms with Crippen molar-refractivity contribution in [3.8, 4) is 11.5 Å². The SMILES string of the molecule is COC(=O)COc1c(C(=O)OC)c(C)cc2c1[C@]1(O)C(=O)c3cc4c(c(O)c3C(=O)[C@]1(OC)C(O)C2)C(=O)C=C(N)C4=O. The number of allylic oxidation sites excluding steroid dienone is 2. The summed E-state index contributed by atoms with van der Waals surface area (Å²) in [5, 5.41) is 35.1. The van der Waals surface area contributed by atoms with Crippen molar-refractivity contribution in [2.45, 2.75) is 30.7 Å². The van der Waals surface area contributed by atoms with E-state index >= 15 is 0 Å². The number of rotatable bonds is 5. The zero-order valence-corrected chi connectivity index (χ0v) is 23.2.